The summed E-state index contributed by atoms with van der Waals surface area (Å²) in [6.07, 6.45) is 1.92. The molecule has 1 saturated heterocycles. The van der Waals surface area contributed by atoms with E-state index in [2.05, 4.69) is 16.0 Å². The predicted octanol–water partition coefficient (Wildman–Crippen LogP) is 0.0169. The highest BCUT2D eigenvalue weighted by atomic mass is 16.2. The monoisotopic (exact) mass is 241 g/mol. The smallest absolute Gasteiger partial charge is 0.239 e. The zero-order valence-electron chi connectivity index (χ0n) is 10.9. The van der Waals surface area contributed by atoms with Crippen LogP contribution in [0.1, 0.15) is 33.6 Å². The van der Waals surface area contributed by atoms with Crippen LogP contribution in [0.15, 0.2) is 0 Å². The van der Waals surface area contributed by atoms with E-state index < -0.39 is 0 Å². The number of carbonyl (C=O) groups excluding carboxylic acids is 2. The fourth-order valence-corrected chi connectivity index (χ4v) is 1.85. The molecule has 5 heteroatoms. The van der Waals surface area contributed by atoms with Crippen molar-refractivity contribution in [3.8, 4) is 0 Å². The molecule has 0 bridgehead atoms. The molecule has 0 aromatic carbocycles. The number of carbonyl (C=O) groups is 2. The Labute approximate surface area is 103 Å². The standard InChI is InChI=1S/C12H23N3O2/c1-12(2,3)15-10(16)8-14-11(17)9-5-4-6-13-7-9/h9,13H,4-8H2,1-3H3,(H,14,17)(H,15,16)/t9-/m0/s1. The molecule has 0 unspecified atom stereocenters. The SMILES string of the molecule is CC(C)(C)NC(=O)CNC(=O)[C@H]1CCCNC1. The molecule has 0 aromatic rings. The van der Waals surface area contributed by atoms with E-state index in [0.29, 0.717) is 6.54 Å². The molecule has 1 aliphatic rings. The lowest BCUT2D eigenvalue weighted by Gasteiger charge is -2.23. The van der Waals surface area contributed by atoms with Crippen LogP contribution in [-0.4, -0.2) is 37.0 Å². The first kappa shape index (κ1) is 14.0. The van der Waals surface area contributed by atoms with Gasteiger partial charge in [0.2, 0.25) is 11.8 Å². The summed E-state index contributed by atoms with van der Waals surface area (Å²) in [4.78, 5) is 23.2. The van der Waals surface area contributed by atoms with Crippen molar-refractivity contribution in [3.63, 3.8) is 0 Å². The highest BCUT2D eigenvalue weighted by molar-refractivity contribution is 5.86. The summed E-state index contributed by atoms with van der Waals surface area (Å²) < 4.78 is 0. The summed E-state index contributed by atoms with van der Waals surface area (Å²) in [5, 5.41) is 8.67. The molecular formula is C12H23N3O2. The van der Waals surface area contributed by atoms with Crippen molar-refractivity contribution in [2.45, 2.75) is 39.2 Å². The van der Waals surface area contributed by atoms with E-state index >= 15 is 0 Å². The van der Waals surface area contributed by atoms with E-state index in [1.165, 1.54) is 0 Å². The zero-order valence-corrected chi connectivity index (χ0v) is 10.9. The Balaban J connectivity index is 2.25. The Kier molecular flexibility index (Phi) is 4.93. The Morgan fingerprint density at radius 3 is 2.59 bits per heavy atom. The van der Waals surface area contributed by atoms with Gasteiger partial charge in [0.25, 0.3) is 0 Å². The van der Waals surface area contributed by atoms with E-state index in [-0.39, 0.29) is 29.8 Å². The van der Waals surface area contributed by atoms with Gasteiger partial charge in [-0.25, -0.2) is 0 Å². The molecule has 5 nitrogen and oxygen atoms in total. The Hall–Kier alpha value is -1.10. The van der Waals surface area contributed by atoms with Crippen LogP contribution < -0.4 is 16.0 Å². The van der Waals surface area contributed by atoms with Gasteiger partial charge in [0.15, 0.2) is 0 Å². The minimum absolute atomic E-state index is 0.00573. The molecule has 1 atom stereocenters. The van der Waals surface area contributed by atoms with Crippen molar-refractivity contribution in [2.75, 3.05) is 19.6 Å². The molecule has 3 N–H and O–H groups in total. The van der Waals surface area contributed by atoms with Gasteiger partial charge in [0.05, 0.1) is 12.5 Å². The first-order valence-electron chi connectivity index (χ1n) is 6.18. The van der Waals surface area contributed by atoms with E-state index in [9.17, 15) is 9.59 Å². The van der Waals surface area contributed by atoms with Crippen molar-refractivity contribution in [3.05, 3.63) is 0 Å². The second-order valence-corrected chi connectivity index (χ2v) is 5.56. The molecule has 1 rings (SSSR count). The molecular weight excluding hydrogens is 218 g/mol. The van der Waals surface area contributed by atoms with Gasteiger partial charge in [-0.3, -0.25) is 9.59 Å². The maximum atomic E-state index is 11.7. The first-order chi connectivity index (χ1) is 7.88. The third kappa shape index (κ3) is 5.68. The van der Waals surface area contributed by atoms with Gasteiger partial charge in [-0.15, -0.1) is 0 Å². The topological polar surface area (TPSA) is 70.2 Å². The van der Waals surface area contributed by atoms with Crippen molar-refractivity contribution >= 4 is 11.8 Å². The van der Waals surface area contributed by atoms with Crippen LogP contribution in [-0.2, 0) is 9.59 Å². The molecule has 0 aromatic heterocycles. The van der Waals surface area contributed by atoms with Gasteiger partial charge in [-0.1, -0.05) is 0 Å². The minimum Gasteiger partial charge on any atom is -0.350 e. The summed E-state index contributed by atoms with van der Waals surface area (Å²) in [6, 6.07) is 0. The molecule has 1 fully saturated rings. The largest absolute Gasteiger partial charge is 0.350 e. The number of piperidine rings is 1. The van der Waals surface area contributed by atoms with Gasteiger partial charge in [0, 0.05) is 12.1 Å². The van der Waals surface area contributed by atoms with Crippen LogP contribution in [0.2, 0.25) is 0 Å². The van der Waals surface area contributed by atoms with Crippen molar-refractivity contribution in [1.82, 2.24) is 16.0 Å². The summed E-state index contributed by atoms with van der Waals surface area (Å²) in [5.41, 5.74) is -0.256. The maximum Gasteiger partial charge on any atom is 0.239 e. The van der Waals surface area contributed by atoms with E-state index in [1.54, 1.807) is 0 Å². The molecule has 1 aliphatic heterocycles. The number of amides is 2. The highest BCUT2D eigenvalue weighted by Crippen LogP contribution is 2.09. The van der Waals surface area contributed by atoms with Crippen LogP contribution in [0, 0.1) is 5.92 Å². The number of hydrogen-bond donors (Lipinski definition) is 3. The van der Waals surface area contributed by atoms with Crippen LogP contribution in [0.25, 0.3) is 0 Å². The molecule has 0 aliphatic carbocycles. The molecule has 17 heavy (non-hydrogen) atoms. The van der Waals surface area contributed by atoms with Crippen LogP contribution in [0.5, 0.6) is 0 Å². The number of nitrogens with one attached hydrogen (secondary N) is 3. The zero-order chi connectivity index (χ0) is 12.9. The summed E-state index contributed by atoms with van der Waals surface area (Å²) >= 11 is 0. The van der Waals surface area contributed by atoms with Crippen molar-refractivity contribution in [1.29, 1.82) is 0 Å². The fraction of sp³-hybridized carbons (Fsp3) is 0.833. The lowest BCUT2D eigenvalue weighted by atomic mass is 9.99. The molecule has 0 radical (unpaired) electrons. The normalized spacial score (nSPS) is 20.8. The van der Waals surface area contributed by atoms with Gasteiger partial charge in [0.1, 0.15) is 0 Å². The lowest BCUT2D eigenvalue weighted by Crippen LogP contribution is -2.48. The number of rotatable bonds is 3. The second kappa shape index (κ2) is 6.00. The first-order valence-corrected chi connectivity index (χ1v) is 6.18. The summed E-state index contributed by atoms with van der Waals surface area (Å²) in [5.74, 6) is -0.165. The molecule has 2 amide bonds. The third-order valence-electron chi connectivity index (χ3n) is 2.61. The van der Waals surface area contributed by atoms with Crippen molar-refractivity contribution in [2.24, 2.45) is 5.92 Å². The van der Waals surface area contributed by atoms with Crippen LogP contribution in [0.4, 0.5) is 0 Å². The summed E-state index contributed by atoms with van der Waals surface area (Å²) in [7, 11) is 0. The molecule has 98 valence electrons. The van der Waals surface area contributed by atoms with E-state index in [0.717, 1.165) is 19.4 Å². The van der Waals surface area contributed by atoms with E-state index in [4.69, 9.17) is 0 Å². The minimum atomic E-state index is -0.256. The highest BCUT2D eigenvalue weighted by Gasteiger charge is 2.21. The average molecular weight is 241 g/mol. The predicted molar refractivity (Wildman–Crippen MR) is 66.5 cm³/mol. The maximum absolute atomic E-state index is 11.7. The number of hydrogen-bond acceptors (Lipinski definition) is 3. The lowest BCUT2D eigenvalue weighted by molar-refractivity contribution is -0.129. The van der Waals surface area contributed by atoms with Crippen LogP contribution in [0.3, 0.4) is 0 Å². The molecule has 0 spiro atoms. The Morgan fingerprint density at radius 2 is 2.06 bits per heavy atom. The summed E-state index contributed by atoms with van der Waals surface area (Å²) in [6.45, 7) is 7.50. The average Bonchev–Trinajstić information content (AvgIpc) is 2.25. The fourth-order valence-electron chi connectivity index (χ4n) is 1.85. The third-order valence-corrected chi connectivity index (χ3v) is 2.61. The van der Waals surface area contributed by atoms with Crippen molar-refractivity contribution < 1.29 is 9.59 Å². The molecule has 1 heterocycles. The van der Waals surface area contributed by atoms with Gasteiger partial charge in [-0.2, -0.15) is 0 Å². The Bertz CT molecular complexity index is 278. The van der Waals surface area contributed by atoms with Crippen LogP contribution >= 0.6 is 0 Å². The van der Waals surface area contributed by atoms with E-state index in [1.807, 2.05) is 20.8 Å². The Morgan fingerprint density at radius 1 is 1.35 bits per heavy atom. The van der Waals surface area contributed by atoms with Gasteiger partial charge < -0.3 is 16.0 Å². The molecule has 0 saturated carbocycles. The van der Waals surface area contributed by atoms with Gasteiger partial charge >= 0.3 is 0 Å². The van der Waals surface area contributed by atoms with Gasteiger partial charge in [-0.05, 0) is 40.2 Å². The quantitative estimate of drug-likeness (QED) is 0.652. The second-order valence-electron chi connectivity index (χ2n) is 5.56.